The van der Waals surface area contributed by atoms with E-state index in [0.29, 0.717) is 60.3 Å². The van der Waals surface area contributed by atoms with Crippen LogP contribution in [0, 0.1) is 0 Å². The van der Waals surface area contributed by atoms with E-state index in [2.05, 4.69) is 31.7 Å². The average Bonchev–Trinajstić information content (AvgIpc) is 3.64. The van der Waals surface area contributed by atoms with Crippen molar-refractivity contribution in [3.05, 3.63) is 59.3 Å². The molecule has 2 aromatic carbocycles. The van der Waals surface area contributed by atoms with Gasteiger partial charge >= 0.3 is 0 Å². The molecule has 192 valence electrons. The molecule has 2 aliphatic heterocycles. The topological polar surface area (TPSA) is 123 Å². The number of pyridine rings is 1. The summed E-state index contributed by atoms with van der Waals surface area (Å²) in [4.78, 5) is 33.2. The fraction of sp³-hybridized carbons (Fsp3) is 0.357. The molecule has 38 heavy (non-hydrogen) atoms. The Bertz CT molecular complexity index is 1570. The number of aromatic amines is 1. The SMILES string of the molecule is COc1cc(C(=O)N2CCC3(CC2)CC(=O)c2cc(-c4nnn[nH]4)ccc2O3)cc2c(C3CC3)ccnc12. The van der Waals surface area contributed by atoms with Crippen molar-refractivity contribution >= 4 is 22.6 Å². The maximum Gasteiger partial charge on any atom is 0.254 e. The van der Waals surface area contributed by atoms with Crippen molar-refractivity contribution in [2.24, 2.45) is 0 Å². The minimum atomic E-state index is -0.611. The van der Waals surface area contributed by atoms with Crippen LogP contribution in [0.15, 0.2) is 42.6 Å². The summed E-state index contributed by atoms with van der Waals surface area (Å²) in [5, 5.41) is 14.8. The Kier molecular flexibility index (Phi) is 5.17. The molecule has 1 aliphatic carbocycles. The molecule has 4 heterocycles. The lowest BCUT2D eigenvalue weighted by Gasteiger charge is -2.44. The Labute approximate surface area is 218 Å². The highest BCUT2D eigenvalue weighted by atomic mass is 16.5. The average molecular weight is 511 g/mol. The maximum absolute atomic E-state index is 13.6. The molecule has 1 amide bonds. The molecule has 10 nitrogen and oxygen atoms in total. The smallest absolute Gasteiger partial charge is 0.254 e. The highest BCUT2D eigenvalue weighted by molar-refractivity contribution is 6.02. The lowest BCUT2D eigenvalue weighted by Crippen LogP contribution is -2.52. The number of fused-ring (bicyclic) bond motifs is 2. The predicted molar refractivity (Wildman–Crippen MR) is 137 cm³/mol. The van der Waals surface area contributed by atoms with Gasteiger partial charge in [0, 0.05) is 48.6 Å². The Hall–Kier alpha value is -4.34. The number of carbonyl (C=O) groups excluding carboxylic acids is 2. The number of benzene rings is 2. The number of rotatable bonds is 4. The number of tetrazole rings is 1. The maximum atomic E-state index is 13.6. The van der Waals surface area contributed by atoms with Gasteiger partial charge < -0.3 is 14.4 Å². The van der Waals surface area contributed by atoms with Crippen LogP contribution in [0.2, 0.25) is 0 Å². The number of ether oxygens (including phenoxy) is 2. The molecule has 0 unspecified atom stereocenters. The summed E-state index contributed by atoms with van der Waals surface area (Å²) in [5.74, 6) is 2.19. The van der Waals surface area contributed by atoms with Gasteiger partial charge in [-0.25, -0.2) is 5.10 Å². The van der Waals surface area contributed by atoms with E-state index in [1.807, 2.05) is 23.2 Å². The van der Waals surface area contributed by atoms with E-state index in [9.17, 15) is 9.59 Å². The Balaban J connectivity index is 1.11. The molecule has 7 rings (SSSR count). The van der Waals surface area contributed by atoms with Crippen LogP contribution in [0.3, 0.4) is 0 Å². The number of Topliss-reactive ketones (excluding diaryl/α,β-unsaturated/α-hetero) is 1. The second kappa shape index (κ2) is 8.61. The molecule has 1 N–H and O–H groups in total. The lowest BCUT2D eigenvalue weighted by atomic mass is 9.82. The van der Waals surface area contributed by atoms with Gasteiger partial charge in [-0.1, -0.05) is 0 Å². The number of nitrogens with zero attached hydrogens (tertiary/aromatic N) is 5. The van der Waals surface area contributed by atoms with Gasteiger partial charge in [0.2, 0.25) is 0 Å². The minimum Gasteiger partial charge on any atom is -0.494 e. The molecule has 1 saturated carbocycles. The standard InChI is InChI=1S/C28H26N6O4/c1-37-24-14-18(13-20-19(16-2-3-16)6-9-29-25(20)24)27(36)34-10-7-28(8-11-34)15-22(35)21-12-17(4-5-23(21)38-28)26-30-32-33-31-26/h4-6,9,12-14,16H,2-3,7-8,10-11,15H2,1H3,(H,30,31,32,33). The molecule has 0 atom stereocenters. The normalized spacial score (nSPS) is 18.3. The van der Waals surface area contributed by atoms with Gasteiger partial charge in [-0.05, 0) is 71.1 Å². The number of carbonyl (C=O) groups is 2. The molecule has 1 saturated heterocycles. The third-order valence-corrected chi connectivity index (χ3v) is 8.00. The predicted octanol–water partition coefficient (Wildman–Crippen LogP) is 3.94. The van der Waals surface area contributed by atoms with Crippen LogP contribution >= 0.6 is 0 Å². The van der Waals surface area contributed by atoms with Crippen LogP contribution in [-0.2, 0) is 0 Å². The van der Waals surface area contributed by atoms with Crippen LogP contribution in [0.1, 0.15) is 64.3 Å². The molecule has 0 radical (unpaired) electrons. The van der Waals surface area contributed by atoms with Crippen molar-refractivity contribution in [2.75, 3.05) is 20.2 Å². The molecular weight excluding hydrogens is 484 g/mol. The number of hydrogen-bond donors (Lipinski definition) is 1. The number of H-pyrrole nitrogens is 1. The number of hydrogen-bond acceptors (Lipinski definition) is 8. The number of piperidine rings is 1. The number of aromatic nitrogens is 5. The van der Waals surface area contributed by atoms with Gasteiger partial charge in [-0.3, -0.25) is 14.6 Å². The van der Waals surface area contributed by atoms with Crippen molar-refractivity contribution < 1.29 is 19.1 Å². The number of ketones is 1. The first-order valence-electron chi connectivity index (χ1n) is 12.9. The molecule has 0 bridgehead atoms. The van der Waals surface area contributed by atoms with Gasteiger partial charge in [0.25, 0.3) is 5.91 Å². The zero-order chi connectivity index (χ0) is 25.9. The van der Waals surface area contributed by atoms with Crippen molar-refractivity contribution in [1.29, 1.82) is 0 Å². The Morgan fingerprint density at radius 3 is 2.74 bits per heavy atom. The van der Waals surface area contributed by atoms with Gasteiger partial charge in [0.05, 0.1) is 19.1 Å². The van der Waals surface area contributed by atoms with Crippen molar-refractivity contribution in [2.45, 2.75) is 43.6 Å². The Morgan fingerprint density at radius 1 is 1.16 bits per heavy atom. The zero-order valence-electron chi connectivity index (χ0n) is 20.9. The first-order chi connectivity index (χ1) is 18.5. The summed E-state index contributed by atoms with van der Waals surface area (Å²) in [7, 11) is 1.61. The Morgan fingerprint density at radius 2 is 2.00 bits per heavy atom. The third kappa shape index (κ3) is 3.79. The lowest BCUT2D eigenvalue weighted by molar-refractivity contribution is -0.00570. The summed E-state index contributed by atoms with van der Waals surface area (Å²) in [5.41, 5.74) is 3.28. The summed E-state index contributed by atoms with van der Waals surface area (Å²) in [6, 6.07) is 11.2. The molecule has 3 aliphatic rings. The number of nitrogens with one attached hydrogen (secondary N) is 1. The first kappa shape index (κ1) is 22.8. The van der Waals surface area contributed by atoms with Crippen LogP contribution in [0.25, 0.3) is 22.3 Å². The molecule has 2 aromatic heterocycles. The summed E-state index contributed by atoms with van der Waals surface area (Å²) < 4.78 is 12.1. The quantitative estimate of drug-likeness (QED) is 0.438. The van der Waals surface area contributed by atoms with Crippen LogP contribution < -0.4 is 9.47 Å². The van der Waals surface area contributed by atoms with E-state index in [4.69, 9.17) is 9.47 Å². The number of amides is 1. The van der Waals surface area contributed by atoms with E-state index in [0.717, 1.165) is 29.3 Å². The molecule has 1 spiro atoms. The van der Waals surface area contributed by atoms with E-state index in [1.165, 1.54) is 5.56 Å². The fourth-order valence-corrected chi connectivity index (χ4v) is 5.77. The van der Waals surface area contributed by atoms with E-state index < -0.39 is 5.60 Å². The van der Waals surface area contributed by atoms with Crippen molar-refractivity contribution in [3.8, 4) is 22.9 Å². The molecule has 10 heteroatoms. The highest BCUT2D eigenvalue weighted by Gasteiger charge is 2.44. The number of likely N-dealkylation sites (tertiary alicyclic amines) is 1. The van der Waals surface area contributed by atoms with Gasteiger partial charge in [0.1, 0.15) is 22.6 Å². The van der Waals surface area contributed by atoms with Gasteiger partial charge in [-0.2, -0.15) is 0 Å². The van der Waals surface area contributed by atoms with Crippen LogP contribution in [0.5, 0.6) is 11.5 Å². The zero-order valence-corrected chi connectivity index (χ0v) is 20.9. The second-order valence-corrected chi connectivity index (χ2v) is 10.4. The van der Waals surface area contributed by atoms with Crippen molar-refractivity contribution in [1.82, 2.24) is 30.5 Å². The third-order valence-electron chi connectivity index (χ3n) is 8.00. The van der Waals surface area contributed by atoms with Crippen LogP contribution in [-0.4, -0.2) is 68.0 Å². The summed E-state index contributed by atoms with van der Waals surface area (Å²) in [6.07, 6.45) is 5.58. The summed E-state index contributed by atoms with van der Waals surface area (Å²) >= 11 is 0. The molecule has 4 aromatic rings. The van der Waals surface area contributed by atoms with E-state index >= 15 is 0 Å². The molecule has 2 fully saturated rings. The monoisotopic (exact) mass is 510 g/mol. The minimum absolute atomic E-state index is 0.0275. The van der Waals surface area contributed by atoms with Crippen LogP contribution in [0.4, 0.5) is 0 Å². The molecular formula is C28H26N6O4. The van der Waals surface area contributed by atoms with E-state index in [1.54, 1.807) is 25.3 Å². The van der Waals surface area contributed by atoms with E-state index in [-0.39, 0.29) is 18.1 Å². The van der Waals surface area contributed by atoms with Gasteiger partial charge in [0.15, 0.2) is 11.6 Å². The summed E-state index contributed by atoms with van der Waals surface area (Å²) in [6.45, 7) is 1.01. The highest BCUT2D eigenvalue weighted by Crippen LogP contribution is 2.44. The second-order valence-electron chi connectivity index (χ2n) is 10.4. The van der Waals surface area contributed by atoms with Crippen molar-refractivity contribution in [3.63, 3.8) is 0 Å². The fourth-order valence-electron chi connectivity index (χ4n) is 5.77. The largest absolute Gasteiger partial charge is 0.494 e. The first-order valence-corrected chi connectivity index (χ1v) is 12.9. The van der Waals surface area contributed by atoms with Gasteiger partial charge in [-0.15, -0.1) is 5.10 Å². The number of methoxy groups -OCH3 is 1.